The minimum absolute atomic E-state index is 0.298. The number of hydrogen-bond donors (Lipinski definition) is 2. The average molecular weight is 277 g/mol. The number of nitrogens with one attached hydrogen (secondary N) is 1. The zero-order valence-corrected chi connectivity index (χ0v) is 11.4. The van der Waals surface area contributed by atoms with Crippen LogP contribution in [-0.2, 0) is 4.79 Å². The first-order valence-electron chi connectivity index (χ1n) is 6.01. The molecule has 1 unspecified atom stereocenters. The first-order chi connectivity index (χ1) is 9.45. The maximum atomic E-state index is 12.2. The van der Waals surface area contributed by atoms with Crippen LogP contribution < -0.4 is 10.1 Å². The van der Waals surface area contributed by atoms with Gasteiger partial charge in [-0.1, -0.05) is 0 Å². The minimum atomic E-state index is -1.09. The van der Waals surface area contributed by atoms with E-state index in [0.717, 1.165) is 0 Å². The van der Waals surface area contributed by atoms with E-state index in [2.05, 4.69) is 10.3 Å². The van der Waals surface area contributed by atoms with Gasteiger partial charge in [-0.15, -0.1) is 0 Å². The van der Waals surface area contributed by atoms with Crippen molar-refractivity contribution in [1.29, 1.82) is 0 Å². The smallest absolute Gasteiger partial charge is 0.325 e. The molecule has 2 rings (SSSR count). The highest BCUT2D eigenvalue weighted by Crippen LogP contribution is 2.21. The van der Waals surface area contributed by atoms with Gasteiger partial charge in [0.05, 0.1) is 12.8 Å². The van der Waals surface area contributed by atoms with E-state index in [1.807, 2.05) is 0 Å². The van der Waals surface area contributed by atoms with E-state index in [-0.39, 0.29) is 0 Å². The summed E-state index contributed by atoms with van der Waals surface area (Å²) in [4.78, 5) is 27.3. The molecule has 0 bridgehead atoms. The highest BCUT2D eigenvalue weighted by Gasteiger charge is 2.21. The summed E-state index contributed by atoms with van der Waals surface area (Å²) in [6.45, 7) is 3.09. The largest absolute Gasteiger partial charge is 0.493 e. The maximum Gasteiger partial charge on any atom is 0.325 e. The summed E-state index contributed by atoms with van der Waals surface area (Å²) in [5.41, 5.74) is 1.32. The Morgan fingerprint density at radius 3 is 2.80 bits per heavy atom. The van der Waals surface area contributed by atoms with Gasteiger partial charge in [0.15, 0.2) is 11.4 Å². The number of carboxylic acids is 1. The number of carboxylic acid groups (broad SMARTS) is 1. The number of hydrogen-bond acceptors (Lipinski definition) is 4. The third kappa shape index (κ3) is 2.29. The number of pyridine rings is 1. The van der Waals surface area contributed by atoms with Gasteiger partial charge in [-0.2, -0.15) is 0 Å². The first-order valence-corrected chi connectivity index (χ1v) is 6.01. The van der Waals surface area contributed by atoms with Crippen LogP contribution >= 0.6 is 0 Å². The lowest BCUT2D eigenvalue weighted by Gasteiger charge is -2.09. The van der Waals surface area contributed by atoms with Crippen molar-refractivity contribution in [1.82, 2.24) is 14.7 Å². The van der Waals surface area contributed by atoms with Crippen molar-refractivity contribution in [2.24, 2.45) is 0 Å². The van der Waals surface area contributed by atoms with Crippen molar-refractivity contribution in [2.75, 3.05) is 7.11 Å². The topological polar surface area (TPSA) is 92.9 Å². The van der Waals surface area contributed by atoms with E-state index in [4.69, 9.17) is 9.84 Å². The second-order valence-electron chi connectivity index (χ2n) is 4.35. The third-order valence-corrected chi connectivity index (χ3v) is 2.94. The maximum absolute atomic E-state index is 12.2. The predicted octanol–water partition coefficient (Wildman–Crippen LogP) is 0.854. The highest BCUT2D eigenvalue weighted by atomic mass is 16.5. The summed E-state index contributed by atoms with van der Waals surface area (Å²) in [5, 5.41) is 11.2. The van der Waals surface area contributed by atoms with Crippen LogP contribution in [0.5, 0.6) is 5.75 Å². The minimum Gasteiger partial charge on any atom is -0.493 e. The highest BCUT2D eigenvalue weighted by molar-refractivity contribution is 5.97. The molecule has 0 saturated carbocycles. The molecule has 0 aliphatic heterocycles. The normalized spacial score (nSPS) is 12.2. The van der Waals surface area contributed by atoms with Gasteiger partial charge in [-0.3, -0.25) is 14.0 Å². The second-order valence-corrected chi connectivity index (χ2v) is 4.35. The summed E-state index contributed by atoms with van der Waals surface area (Å²) in [7, 11) is 1.52. The van der Waals surface area contributed by atoms with E-state index < -0.39 is 17.9 Å². The Balaban J connectivity index is 2.47. The van der Waals surface area contributed by atoms with Gasteiger partial charge in [0.2, 0.25) is 0 Å². The van der Waals surface area contributed by atoms with Gasteiger partial charge in [0.25, 0.3) is 5.91 Å². The number of ether oxygens (including phenoxy) is 1. The van der Waals surface area contributed by atoms with E-state index in [9.17, 15) is 9.59 Å². The van der Waals surface area contributed by atoms with Crippen LogP contribution in [0.3, 0.4) is 0 Å². The van der Waals surface area contributed by atoms with Crippen LogP contribution in [0.4, 0.5) is 0 Å². The van der Waals surface area contributed by atoms with Gasteiger partial charge in [-0.25, -0.2) is 4.98 Å². The fourth-order valence-electron chi connectivity index (χ4n) is 1.92. The lowest BCUT2D eigenvalue weighted by atomic mass is 10.3. The summed E-state index contributed by atoms with van der Waals surface area (Å²) in [6.07, 6.45) is 1.68. The van der Waals surface area contributed by atoms with E-state index in [0.29, 0.717) is 22.8 Å². The molecule has 0 aromatic carbocycles. The molecule has 2 heterocycles. The molecule has 0 spiro atoms. The van der Waals surface area contributed by atoms with Gasteiger partial charge >= 0.3 is 5.97 Å². The van der Waals surface area contributed by atoms with Crippen LogP contribution in [-0.4, -0.2) is 39.5 Å². The number of imidazole rings is 1. The predicted molar refractivity (Wildman–Crippen MR) is 71.0 cm³/mol. The second kappa shape index (κ2) is 5.20. The van der Waals surface area contributed by atoms with Crippen molar-refractivity contribution in [3.63, 3.8) is 0 Å². The molecule has 2 aromatic rings. The summed E-state index contributed by atoms with van der Waals surface area (Å²) in [5.74, 6) is -1.04. The molecule has 2 aromatic heterocycles. The Morgan fingerprint density at radius 1 is 1.50 bits per heavy atom. The average Bonchev–Trinajstić information content (AvgIpc) is 2.74. The van der Waals surface area contributed by atoms with Crippen molar-refractivity contribution in [3.05, 3.63) is 29.7 Å². The molecule has 7 nitrogen and oxygen atoms in total. The van der Waals surface area contributed by atoms with Crippen LogP contribution in [0.15, 0.2) is 18.3 Å². The van der Waals surface area contributed by atoms with E-state index in [1.165, 1.54) is 14.0 Å². The third-order valence-electron chi connectivity index (χ3n) is 2.94. The molecule has 20 heavy (non-hydrogen) atoms. The standard InChI is InChI=1S/C13H15N3O4/c1-7-10(12(17)15-8(2)13(18)19)16-6-4-5-9(20-3)11(16)14-7/h4-6,8H,1-3H3,(H,15,17)(H,18,19). The monoisotopic (exact) mass is 277 g/mol. The first kappa shape index (κ1) is 13.9. The summed E-state index contributed by atoms with van der Waals surface area (Å²) in [6, 6.07) is 2.49. The van der Waals surface area contributed by atoms with Crippen molar-refractivity contribution in [3.8, 4) is 5.75 Å². The Hall–Kier alpha value is -2.57. The quantitative estimate of drug-likeness (QED) is 0.864. The number of carbonyl (C=O) groups is 2. The number of carbonyl (C=O) groups excluding carboxylic acids is 1. The molecule has 0 aliphatic carbocycles. The fraction of sp³-hybridized carbons (Fsp3) is 0.308. The number of nitrogens with zero attached hydrogens (tertiary/aromatic N) is 2. The summed E-state index contributed by atoms with van der Waals surface area (Å²) >= 11 is 0. The number of methoxy groups -OCH3 is 1. The molecular weight excluding hydrogens is 262 g/mol. The van der Waals surface area contributed by atoms with Crippen LogP contribution in [0.2, 0.25) is 0 Å². The van der Waals surface area contributed by atoms with Gasteiger partial charge in [0.1, 0.15) is 11.7 Å². The zero-order valence-electron chi connectivity index (χ0n) is 11.4. The van der Waals surface area contributed by atoms with Gasteiger partial charge in [-0.05, 0) is 26.0 Å². The number of rotatable bonds is 4. The Bertz CT molecular complexity index is 678. The molecule has 1 amide bonds. The molecular formula is C13H15N3O4. The van der Waals surface area contributed by atoms with E-state index in [1.54, 1.807) is 29.7 Å². The molecule has 0 aliphatic rings. The Morgan fingerprint density at radius 2 is 2.20 bits per heavy atom. The Kier molecular flexibility index (Phi) is 3.60. The molecule has 106 valence electrons. The fourth-order valence-corrected chi connectivity index (χ4v) is 1.92. The van der Waals surface area contributed by atoms with E-state index >= 15 is 0 Å². The SMILES string of the molecule is COc1cccn2c(C(=O)NC(C)C(=O)O)c(C)nc12. The van der Waals surface area contributed by atoms with Crippen LogP contribution in [0.1, 0.15) is 23.1 Å². The van der Waals surface area contributed by atoms with Crippen molar-refractivity contribution in [2.45, 2.75) is 19.9 Å². The number of fused-ring (bicyclic) bond motifs is 1. The molecule has 7 heteroatoms. The van der Waals surface area contributed by atoms with Crippen molar-refractivity contribution >= 4 is 17.5 Å². The lowest BCUT2D eigenvalue weighted by molar-refractivity contribution is -0.138. The molecule has 1 atom stereocenters. The van der Waals surface area contributed by atoms with Gasteiger partial charge in [0, 0.05) is 6.20 Å². The number of aryl methyl sites for hydroxylation is 1. The summed E-state index contributed by atoms with van der Waals surface area (Å²) < 4.78 is 6.77. The molecule has 0 saturated heterocycles. The van der Waals surface area contributed by atoms with Gasteiger partial charge < -0.3 is 15.2 Å². The number of aromatic nitrogens is 2. The van der Waals surface area contributed by atoms with Crippen LogP contribution in [0.25, 0.3) is 5.65 Å². The molecule has 0 fully saturated rings. The molecule has 2 N–H and O–H groups in total. The van der Waals surface area contributed by atoms with Crippen molar-refractivity contribution < 1.29 is 19.4 Å². The number of aliphatic carboxylic acids is 1. The molecule has 0 radical (unpaired) electrons. The Labute approximate surface area is 115 Å². The lowest BCUT2D eigenvalue weighted by Crippen LogP contribution is -2.39. The number of amides is 1. The zero-order chi connectivity index (χ0) is 14.9. The van der Waals surface area contributed by atoms with Crippen LogP contribution in [0, 0.1) is 6.92 Å².